The maximum absolute atomic E-state index is 13.5. The smallest absolute Gasteiger partial charge is 0.307 e. The van der Waals surface area contributed by atoms with Gasteiger partial charge in [-0.15, -0.1) is 0 Å². The van der Waals surface area contributed by atoms with E-state index < -0.39 is 5.97 Å². The van der Waals surface area contributed by atoms with Gasteiger partial charge in [-0.25, -0.2) is 0 Å². The van der Waals surface area contributed by atoms with Gasteiger partial charge in [-0.3, -0.25) is 9.59 Å². The van der Waals surface area contributed by atoms with Crippen molar-refractivity contribution < 1.29 is 14.7 Å². The molecule has 160 valence electrons. The summed E-state index contributed by atoms with van der Waals surface area (Å²) in [7, 11) is 1.94. The van der Waals surface area contributed by atoms with E-state index in [0.29, 0.717) is 6.54 Å². The second-order valence-corrected chi connectivity index (χ2v) is 8.91. The lowest BCUT2D eigenvalue weighted by Gasteiger charge is -2.36. The van der Waals surface area contributed by atoms with Gasteiger partial charge in [0.2, 0.25) is 5.91 Å². The number of hydrogen-bond acceptors (Lipinski definition) is 2. The Kier molecular flexibility index (Phi) is 5.05. The third kappa shape index (κ3) is 3.42. The van der Waals surface area contributed by atoms with Crippen LogP contribution in [0.1, 0.15) is 47.6 Å². The van der Waals surface area contributed by atoms with Crippen molar-refractivity contribution in [1.29, 1.82) is 0 Å². The maximum atomic E-state index is 13.5. The molecule has 0 bridgehead atoms. The quantitative estimate of drug-likeness (QED) is 0.695. The third-order valence-corrected chi connectivity index (χ3v) is 7.19. The number of benzene rings is 2. The summed E-state index contributed by atoms with van der Waals surface area (Å²) in [6.07, 6.45) is 4.71. The highest BCUT2D eigenvalue weighted by molar-refractivity contribution is 5.89. The predicted molar refractivity (Wildman–Crippen MR) is 120 cm³/mol. The predicted octanol–water partition coefficient (Wildman–Crippen LogP) is 4.16. The van der Waals surface area contributed by atoms with Crippen LogP contribution in [0.15, 0.2) is 48.5 Å². The number of carbonyl (C=O) groups excluding carboxylic acids is 1. The Balaban J connectivity index is 1.44. The second-order valence-electron chi connectivity index (χ2n) is 8.91. The summed E-state index contributed by atoms with van der Waals surface area (Å²) in [5.74, 6) is -0.646. The molecule has 1 aromatic heterocycles. The zero-order valence-electron chi connectivity index (χ0n) is 17.9. The van der Waals surface area contributed by atoms with E-state index in [2.05, 4.69) is 28.8 Å². The van der Waals surface area contributed by atoms with Crippen molar-refractivity contribution in [3.05, 3.63) is 70.9 Å². The van der Waals surface area contributed by atoms with Crippen molar-refractivity contribution in [2.24, 2.45) is 0 Å². The van der Waals surface area contributed by atoms with Crippen molar-refractivity contribution in [2.75, 3.05) is 7.05 Å². The van der Waals surface area contributed by atoms with E-state index in [0.717, 1.165) is 54.3 Å². The van der Waals surface area contributed by atoms with Gasteiger partial charge in [0.05, 0.1) is 12.3 Å². The first-order valence-electron chi connectivity index (χ1n) is 11.2. The van der Waals surface area contributed by atoms with Crippen molar-refractivity contribution in [3.63, 3.8) is 0 Å². The summed E-state index contributed by atoms with van der Waals surface area (Å²) in [5, 5.41) is 10.4. The Labute approximate surface area is 182 Å². The van der Waals surface area contributed by atoms with Gasteiger partial charge >= 0.3 is 5.97 Å². The number of nitrogens with zero attached hydrogens (tertiary/aromatic N) is 2. The van der Waals surface area contributed by atoms with Crippen LogP contribution in [0.25, 0.3) is 10.9 Å². The molecule has 1 N–H and O–H groups in total. The van der Waals surface area contributed by atoms with Crippen LogP contribution in [0.4, 0.5) is 0 Å². The van der Waals surface area contributed by atoms with Crippen LogP contribution in [0.3, 0.4) is 0 Å². The number of amides is 1. The van der Waals surface area contributed by atoms with Gasteiger partial charge in [0, 0.05) is 36.2 Å². The number of likely N-dealkylation sites (N-methyl/N-ethyl adjacent to an activating group) is 1. The van der Waals surface area contributed by atoms with Crippen LogP contribution >= 0.6 is 0 Å². The number of aliphatic carboxylic acids is 1. The number of aromatic nitrogens is 1. The SMILES string of the molecule is CN(C(=O)C1CCCc2ccccc21)[C@@H]1CCc2c(CC(=O)O)c3ccccc3n2C1. The molecule has 3 aromatic rings. The first kappa shape index (κ1) is 19.9. The molecule has 0 fully saturated rings. The topological polar surface area (TPSA) is 62.5 Å². The van der Waals surface area contributed by atoms with E-state index in [1.165, 1.54) is 11.1 Å². The molecule has 2 aromatic carbocycles. The fourth-order valence-electron chi connectivity index (χ4n) is 5.63. The Hall–Kier alpha value is -3.08. The molecule has 2 aliphatic rings. The number of fused-ring (bicyclic) bond motifs is 4. The van der Waals surface area contributed by atoms with E-state index in [9.17, 15) is 14.7 Å². The molecule has 1 aliphatic heterocycles. The van der Waals surface area contributed by atoms with Gasteiger partial charge in [0.25, 0.3) is 0 Å². The number of carboxylic acids is 1. The van der Waals surface area contributed by atoms with E-state index in [-0.39, 0.29) is 24.3 Å². The number of carbonyl (C=O) groups is 2. The molecule has 1 amide bonds. The number of hydrogen-bond donors (Lipinski definition) is 1. The first-order chi connectivity index (χ1) is 15.0. The first-order valence-corrected chi connectivity index (χ1v) is 11.2. The summed E-state index contributed by atoms with van der Waals surface area (Å²) in [4.78, 5) is 27.0. The van der Waals surface area contributed by atoms with Crippen LogP contribution in [-0.4, -0.2) is 39.5 Å². The van der Waals surface area contributed by atoms with Crippen molar-refractivity contribution in [3.8, 4) is 0 Å². The van der Waals surface area contributed by atoms with Crippen LogP contribution in [-0.2, 0) is 35.4 Å². The summed E-state index contributed by atoms with van der Waals surface area (Å²) in [6, 6.07) is 16.5. The maximum Gasteiger partial charge on any atom is 0.307 e. The van der Waals surface area contributed by atoms with Crippen LogP contribution in [0, 0.1) is 0 Å². The van der Waals surface area contributed by atoms with Crippen LogP contribution in [0.5, 0.6) is 0 Å². The molecule has 31 heavy (non-hydrogen) atoms. The highest BCUT2D eigenvalue weighted by atomic mass is 16.4. The Morgan fingerprint density at radius 2 is 1.84 bits per heavy atom. The molecule has 5 nitrogen and oxygen atoms in total. The van der Waals surface area contributed by atoms with Crippen molar-refractivity contribution in [2.45, 2.75) is 57.0 Å². The molecule has 2 heterocycles. The van der Waals surface area contributed by atoms with Gasteiger partial charge in [-0.05, 0) is 54.9 Å². The molecule has 0 spiro atoms. The number of aryl methyl sites for hydroxylation is 1. The molecular formula is C26H28N2O3. The monoisotopic (exact) mass is 416 g/mol. The fourth-order valence-corrected chi connectivity index (χ4v) is 5.63. The van der Waals surface area contributed by atoms with Gasteiger partial charge in [0.1, 0.15) is 0 Å². The third-order valence-electron chi connectivity index (χ3n) is 7.19. The van der Waals surface area contributed by atoms with Gasteiger partial charge in [-0.2, -0.15) is 0 Å². The normalized spacial score (nSPS) is 20.2. The average molecular weight is 417 g/mol. The summed E-state index contributed by atoms with van der Waals surface area (Å²) in [5.41, 5.74) is 5.61. The fraction of sp³-hybridized carbons (Fsp3) is 0.385. The minimum atomic E-state index is -0.801. The van der Waals surface area contributed by atoms with Crippen LogP contribution in [0.2, 0.25) is 0 Å². The number of para-hydroxylation sites is 1. The average Bonchev–Trinajstić information content (AvgIpc) is 3.10. The number of carboxylic acid groups (broad SMARTS) is 1. The van der Waals surface area contributed by atoms with E-state index in [1.54, 1.807) is 0 Å². The van der Waals surface area contributed by atoms with Gasteiger partial charge < -0.3 is 14.6 Å². The molecule has 5 heteroatoms. The largest absolute Gasteiger partial charge is 0.481 e. The van der Waals surface area contributed by atoms with Crippen molar-refractivity contribution in [1.82, 2.24) is 9.47 Å². The summed E-state index contributed by atoms with van der Waals surface area (Å²) < 4.78 is 2.25. The van der Waals surface area contributed by atoms with Gasteiger partial charge in [0.15, 0.2) is 0 Å². The van der Waals surface area contributed by atoms with E-state index >= 15 is 0 Å². The van der Waals surface area contributed by atoms with Gasteiger partial charge in [-0.1, -0.05) is 42.5 Å². The lowest BCUT2D eigenvalue weighted by molar-refractivity contribution is -0.136. The van der Waals surface area contributed by atoms with E-state index in [4.69, 9.17) is 0 Å². The minimum Gasteiger partial charge on any atom is -0.481 e. The minimum absolute atomic E-state index is 0.0428. The molecule has 2 atom stereocenters. The highest BCUT2D eigenvalue weighted by Crippen LogP contribution is 2.36. The van der Waals surface area contributed by atoms with Crippen molar-refractivity contribution >= 4 is 22.8 Å². The molecule has 1 aliphatic carbocycles. The molecule has 5 rings (SSSR count). The molecule has 0 saturated carbocycles. The standard InChI is InChI=1S/C26H28N2O3/c1-27(26(31)21-11-6-8-17-7-2-3-9-19(17)21)18-13-14-24-22(15-25(29)30)20-10-4-5-12-23(20)28(24)16-18/h2-5,7,9-10,12,18,21H,6,8,11,13-16H2,1H3,(H,29,30)/t18-,21?/m1/s1. The molecule has 0 radical (unpaired) electrons. The zero-order valence-corrected chi connectivity index (χ0v) is 17.9. The number of rotatable bonds is 4. The lowest BCUT2D eigenvalue weighted by Crippen LogP contribution is -2.45. The zero-order chi connectivity index (χ0) is 21.5. The Bertz CT molecular complexity index is 1160. The van der Waals surface area contributed by atoms with E-state index in [1.807, 2.05) is 36.2 Å². The summed E-state index contributed by atoms with van der Waals surface area (Å²) >= 11 is 0. The Morgan fingerprint density at radius 3 is 2.68 bits per heavy atom. The molecule has 0 saturated heterocycles. The highest BCUT2D eigenvalue weighted by Gasteiger charge is 2.34. The molecular weight excluding hydrogens is 388 g/mol. The second kappa shape index (κ2) is 7.88. The Morgan fingerprint density at radius 1 is 1.06 bits per heavy atom. The summed E-state index contributed by atoms with van der Waals surface area (Å²) in [6.45, 7) is 0.714. The van der Waals surface area contributed by atoms with Crippen LogP contribution < -0.4 is 0 Å². The lowest BCUT2D eigenvalue weighted by atomic mass is 9.82. The molecule has 1 unspecified atom stereocenters.